The van der Waals surface area contributed by atoms with Crippen LogP contribution < -0.4 is 10.1 Å². The van der Waals surface area contributed by atoms with Gasteiger partial charge in [0, 0.05) is 11.6 Å². The zero-order valence-electron chi connectivity index (χ0n) is 11.6. The highest BCUT2D eigenvalue weighted by atomic mass is 16.5. The van der Waals surface area contributed by atoms with Gasteiger partial charge in [0.05, 0.1) is 6.10 Å². The molecule has 0 amide bonds. The van der Waals surface area contributed by atoms with Crippen molar-refractivity contribution in [2.45, 2.75) is 45.8 Å². The zero-order valence-corrected chi connectivity index (χ0v) is 11.6. The van der Waals surface area contributed by atoms with E-state index in [0.29, 0.717) is 12.6 Å². The van der Waals surface area contributed by atoms with Crippen molar-refractivity contribution in [3.05, 3.63) is 29.8 Å². The van der Waals surface area contributed by atoms with E-state index in [0.717, 1.165) is 25.1 Å². The summed E-state index contributed by atoms with van der Waals surface area (Å²) in [6, 6.07) is 8.37. The Hall–Kier alpha value is -1.06. The fourth-order valence-electron chi connectivity index (χ4n) is 1.90. The molecule has 18 heavy (non-hydrogen) atoms. The van der Waals surface area contributed by atoms with Crippen LogP contribution in [0.3, 0.4) is 0 Å². The van der Waals surface area contributed by atoms with E-state index in [1.54, 1.807) is 6.92 Å². The third-order valence-electron chi connectivity index (χ3n) is 2.82. The molecule has 0 saturated carbocycles. The van der Waals surface area contributed by atoms with Crippen LogP contribution in [0.15, 0.2) is 24.3 Å². The van der Waals surface area contributed by atoms with Gasteiger partial charge in [-0.25, -0.2) is 0 Å². The molecule has 2 atom stereocenters. The minimum Gasteiger partial charge on any atom is -0.491 e. The molecule has 0 fully saturated rings. The highest BCUT2D eigenvalue weighted by Crippen LogP contribution is 2.27. The fourth-order valence-corrected chi connectivity index (χ4v) is 1.90. The van der Waals surface area contributed by atoms with E-state index < -0.39 is 6.10 Å². The SMILES string of the molecule is CCCNC(CC)c1ccccc1OCC(C)O. The molecule has 0 aliphatic carbocycles. The number of nitrogens with one attached hydrogen (secondary N) is 1. The van der Waals surface area contributed by atoms with E-state index in [-0.39, 0.29) is 0 Å². The van der Waals surface area contributed by atoms with E-state index in [9.17, 15) is 5.11 Å². The number of ether oxygens (including phenoxy) is 1. The monoisotopic (exact) mass is 251 g/mol. The molecular weight excluding hydrogens is 226 g/mol. The predicted molar refractivity (Wildman–Crippen MR) is 74.9 cm³/mol. The third-order valence-corrected chi connectivity index (χ3v) is 2.82. The van der Waals surface area contributed by atoms with E-state index in [1.807, 2.05) is 18.2 Å². The Bertz CT molecular complexity index is 339. The summed E-state index contributed by atoms with van der Waals surface area (Å²) in [6.07, 6.45) is 1.70. The van der Waals surface area contributed by atoms with Crippen molar-refractivity contribution < 1.29 is 9.84 Å². The summed E-state index contributed by atoms with van der Waals surface area (Å²) < 4.78 is 5.67. The molecule has 0 aromatic heterocycles. The Morgan fingerprint density at radius 1 is 1.28 bits per heavy atom. The summed E-state index contributed by atoms with van der Waals surface area (Å²) in [5.41, 5.74) is 1.18. The van der Waals surface area contributed by atoms with Gasteiger partial charge in [-0.15, -0.1) is 0 Å². The van der Waals surface area contributed by atoms with Crippen molar-refractivity contribution in [2.24, 2.45) is 0 Å². The van der Waals surface area contributed by atoms with Crippen molar-refractivity contribution >= 4 is 0 Å². The highest BCUT2D eigenvalue weighted by Gasteiger charge is 2.13. The summed E-state index contributed by atoms with van der Waals surface area (Å²) in [4.78, 5) is 0. The molecule has 0 aliphatic heterocycles. The van der Waals surface area contributed by atoms with Gasteiger partial charge in [-0.05, 0) is 32.4 Å². The van der Waals surface area contributed by atoms with Crippen LogP contribution >= 0.6 is 0 Å². The smallest absolute Gasteiger partial charge is 0.124 e. The first-order valence-corrected chi connectivity index (χ1v) is 6.82. The molecular formula is C15H25NO2. The van der Waals surface area contributed by atoms with Gasteiger partial charge in [-0.2, -0.15) is 0 Å². The highest BCUT2D eigenvalue weighted by molar-refractivity contribution is 5.36. The number of para-hydroxylation sites is 1. The first-order valence-electron chi connectivity index (χ1n) is 6.82. The van der Waals surface area contributed by atoms with Crippen molar-refractivity contribution in [3.8, 4) is 5.75 Å². The van der Waals surface area contributed by atoms with Crippen molar-refractivity contribution in [1.82, 2.24) is 5.32 Å². The number of rotatable bonds is 8. The summed E-state index contributed by atoms with van der Waals surface area (Å²) in [7, 11) is 0. The Balaban J connectivity index is 2.78. The number of aliphatic hydroxyl groups is 1. The van der Waals surface area contributed by atoms with E-state index >= 15 is 0 Å². The van der Waals surface area contributed by atoms with Gasteiger partial charge >= 0.3 is 0 Å². The maximum atomic E-state index is 9.30. The molecule has 0 radical (unpaired) electrons. The maximum absolute atomic E-state index is 9.30. The minimum absolute atomic E-state index is 0.315. The van der Waals surface area contributed by atoms with E-state index in [2.05, 4.69) is 25.2 Å². The lowest BCUT2D eigenvalue weighted by Crippen LogP contribution is -2.22. The topological polar surface area (TPSA) is 41.5 Å². The number of benzene rings is 1. The van der Waals surface area contributed by atoms with Gasteiger partial charge in [-0.1, -0.05) is 32.0 Å². The molecule has 0 aliphatic rings. The summed E-state index contributed by atoms with van der Waals surface area (Å²) in [5.74, 6) is 0.869. The van der Waals surface area contributed by atoms with Crippen molar-refractivity contribution in [1.29, 1.82) is 0 Å². The Morgan fingerprint density at radius 3 is 2.61 bits per heavy atom. The molecule has 0 heterocycles. The average Bonchev–Trinajstić information content (AvgIpc) is 2.38. The molecule has 0 bridgehead atoms. The third kappa shape index (κ3) is 4.67. The number of hydrogen-bond acceptors (Lipinski definition) is 3. The van der Waals surface area contributed by atoms with Crippen LogP contribution in [0.5, 0.6) is 5.75 Å². The van der Waals surface area contributed by atoms with E-state index in [4.69, 9.17) is 4.74 Å². The predicted octanol–water partition coefficient (Wildman–Crippen LogP) is 2.90. The Morgan fingerprint density at radius 2 is 2.00 bits per heavy atom. The van der Waals surface area contributed by atoms with Crippen LogP contribution in [-0.4, -0.2) is 24.4 Å². The van der Waals surface area contributed by atoms with Gasteiger partial charge in [0.15, 0.2) is 0 Å². The Kier molecular flexibility index (Phi) is 6.76. The van der Waals surface area contributed by atoms with Crippen LogP contribution in [0.1, 0.15) is 45.2 Å². The molecule has 3 heteroatoms. The fraction of sp³-hybridized carbons (Fsp3) is 0.600. The molecule has 3 nitrogen and oxygen atoms in total. The number of aliphatic hydroxyl groups excluding tert-OH is 1. The number of hydrogen-bond donors (Lipinski definition) is 2. The first-order chi connectivity index (χ1) is 8.69. The normalized spacial score (nSPS) is 14.2. The van der Waals surface area contributed by atoms with Gasteiger partial charge in [0.25, 0.3) is 0 Å². The standard InChI is InChI=1S/C15H25NO2/c1-4-10-16-14(5-2)13-8-6-7-9-15(13)18-11-12(3)17/h6-9,12,14,16-17H,4-5,10-11H2,1-3H3. The largest absolute Gasteiger partial charge is 0.491 e. The van der Waals surface area contributed by atoms with Gasteiger partial charge < -0.3 is 15.2 Å². The minimum atomic E-state index is -0.443. The second-order valence-electron chi connectivity index (χ2n) is 4.61. The van der Waals surface area contributed by atoms with Crippen LogP contribution in [0.4, 0.5) is 0 Å². The molecule has 2 N–H and O–H groups in total. The van der Waals surface area contributed by atoms with Crippen molar-refractivity contribution in [3.63, 3.8) is 0 Å². The van der Waals surface area contributed by atoms with Gasteiger partial charge in [0.1, 0.15) is 12.4 Å². The lowest BCUT2D eigenvalue weighted by Gasteiger charge is -2.21. The molecule has 1 aromatic carbocycles. The lowest BCUT2D eigenvalue weighted by atomic mass is 10.0. The van der Waals surface area contributed by atoms with Crippen molar-refractivity contribution in [2.75, 3.05) is 13.2 Å². The Labute approximate surface area is 110 Å². The van der Waals surface area contributed by atoms with Gasteiger partial charge in [-0.3, -0.25) is 0 Å². The summed E-state index contributed by atoms with van der Waals surface area (Å²) >= 11 is 0. The zero-order chi connectivity index (χ0) is 13.4. The molecule has 102 valence electrons. The molecule has 1 aromatic rings. The average molecular weight is 251 g/mol. The summed E-state index contributed by atoms with van der Waals surface area (Å²) in [5, 5.41) is 12.8. The second-order valence-corrected chi connectivity index (χ2v) is 4.61. The summed E-state index contributed by atoms with van der Waals surface area (Å²) in [6.45, 7) is 7.40. The second kappa shape index (κ2) is 8.11. The first kappa shape index (κ1) is 15.0. The maximum Gasteiger partial charge on any atom is 0.124 e. The lowest BCUT2D eigenvalue weighted by molar-refractivity contribution is 0.121. The van der Waals surface area contributed by atoms with Crippen LogP contribution in [0.2, 0.25) is 0 Å². The van der Waals surface area contributed by atoms with Crippen LogP contribution in [0, 0.1) is 0 Å². The molecule has 2 unspecified atom stereocenters. The molecule has 0 saturated heterocycles. The quantitative estimate of drug-likeness (QED) is 0.746. The van der Waals surface area contributed by atoms with E-state index in [1.165, 1.54) is 5.56 Å². The van der Waals surface area contributed by atoms with Crippen LogP contribution in [-0.2, 0) is 0 Å². The molecule has 0 spiro atoms. The van der Waals surface area contributed by atoms with Gasteiger partial charge in [0.2, 0.25) is 0 Å². The molecule has 1 rings (SSSR count). The van der Waals surface area contributed by atoms with Crippen LogP contribution in [0.25, 0.3) is 0 Å².